The lowest BCUT2D eigenvalue weighted by molar-refractivity contribution is -0.0774. The first kappa shape index (κ1) is 22.1. The summed E-state index contributed by atoms with van der Waals surface area (Å²) in [6, 6.07) is 3.32. The second kappa shape index (κ2) is 8.41. The van der Waals surface area contributed by atoms with Gasteiger partial charge in [0.05, 0.1) is 6.20 Å². The minimum absolute atomic E-state index is 0.000295. The summed E-state index contributed by atoms with van der Waals surface area (Å²) in [6.07, 6.45) is 4.05. The maximum absolute atomic E-state index is 14.8. The summed E-state index contributed by atoms with van der Waals surface area (Å²) >= 11 is 0. The van der Waals surface area contributed by atoms with E-state index in [9.17, 15) is 21.6 Å². The number of nitrogens with one attached hydrogen (secondary N) is 2. The first-order chi connectivity index (χ1) is 15.1. The fraction of sp³-hybridized carbons (Fsp3) is 0.350. The molecular formula is C20H20F3N5O3S. The number of ether oxygens (including phenoxy) is 1. The van der Waals surface area contributed by atoms with E-state index in [1.165, 1.54) is 19.2 Å². The minimum atomic E-state index is -4.28. The van der Waals surface area contributed by atoms with Crippen molar-refractivity contribution < 1.29 is 26.3 Å². The molecule has 1 aliphatic carbocycles. The van der Waals surface area contributed by atoms with Gasteiger partial charge in [0.15, 0.2) is 0 Å². The van der Waals surface area contributed by atoms with E-state index >= 15 is 0 Å². The third kappa shape index (κ3) is 4.69. The molecule has 0 aliphatic heterocycles. The molecule has 1 aliphatic rings. The lowest BCUT2D eigenvalue weighted by Crippen LogP contribution is -2.38. The van der Waals surface area contributed by atoms with Gasteiger partial charge in [-0.1, -0.05) is 0 Å². The Kier molecular flexibility index (Phi) is 5.80. The molecule has 170 valence electrons. The zero-order chi connectivity index (χ0) is 22.9. The molecular weight excluding hydrogens is 447 g/mol. The molecule has 12 heteroatoms. The van der Waals surface area contributed by atoms with E-state index in [-0.39, 0.29) is 35.9 Å². The Morgan fingerprint density at radius 1 is 1.31 bits per heavy atom. The summed E-state index contributed by atoms with van der Waals surface area (Å²) in [6.45, 7) is 1.52. The molecule has 0 bridgehead atoms. The molecule has 1 saturated carbocycles. The molecule has 0 amide bonds. The zero-order valence-corrected chi connectivity index (χ0v) is 17.7. The molecule has 0 radical (unpaired) electrons. The average Bonchev–Trinajstić information content (AvgIpc) is 3.25. The van der Waals surface area contributed by atoms with Crippen molar-refractivity contribution >= 4 is 15.8 Å². The van der Waals surface area contributed by atoms with Crippen LogP contribution in [0, 0.1) is 12.7 Å². The highest BCUT2D eigenvalue weighted by Gasteiger charge is 2.43. The molecule has 8 nitrogen and oxygen atoms in total. The summed E-state index contributed by atoms with van der Waals surface area (Å²) in [5, 5.41) is 6.53. The molecule has 32 heavy (non-hydrogen) atoms. The van der Waals surface area contributed by atoms with Gasteiger partial charge in [-0.25, -0.2) is 31.6 Å². The number of aromatic nitrogens is 4. The fourth-order valence-corrected chi connectivity index (χ4v) is 4.89. The smallest absolute Gasteiger partial charge is 0.265 e. The van der Waals surface area contributed by atoms with Crippen LogP contribution in [0.2, 0.25) is 0 Å². The Morgan fingerprint density at radius 2 is 2.12 bits per heavy atom. The zero-order valence-electron chi connectivity index (χ0n) is 16.9. The Balaban J connectivity index is 1.61. The number of aryl methyl sites for hydroxylation is 1. The van der Waals surface area contributed by atoms with E-state index in [1.54, 1.807) is 12.4 Å². The van der Waals surface area contributed by atoms with Gasteiger partial charge in [-0.15, -0.1) is 0 Å². The number of halogens is 3. The third-order valence-corrected chi connectivity index (χ3v) is 6.71. The molecule has 3 aromatic rings. The number of aromatic amines is 1. The first-order valence-electron chi connectivity index (χ1n) is 9.77. The predicted molar refractivity (Wildman–Crippen MR) is 109 cm³/mol. The van der Waals surface area contributed by atoms with Crippen molar-refractivity contribution in [2.75, 3.05) is 4.72 Å². The van der Waals surface area contributed by atoms with E-state index in [0.29, 0.717) is 0 Å². The summed E-state index contributed by atoms with van der Waals surface area (Å²) < 4.78 is 76.2. The van der Waals surface area contributed by atoms with Crippen LogP contribution in [-0.2, 0) is 10.0 Å². The Hall–Kier alpha value is -3.15. The van der Waals surface area contributed by atoms with Crippen molar-refractivity contribution in [2.45, 2.75) is 49.0 Å². The van der Waals surface area contributed by atoms with Crippen LogP contribution in [0.5, 0.6) is 5.75 Å². The molecule has 2 heterocycles. The third-order valence-electron chi connectivity index (χ3n) is 5.34. The van der Waals surface area contributed by atoms with E-state index in [0.717, 1.165) is 24.0 Å². The highest BCUT2D eigenvalue weighted by Crippen LogP contribution is 2.43. The number of hydrogen-bond donors (Lipinski definition) is 2. The SMILES string of the molecule is Cc1cc(S(=O)(=O)Nc2ccncn2)c(F)cc1O[C@@H]1CC(F)(F)CC[C@H]1c1cn[nH]c1. The van der Waals surface area contributed by atoms with Gasteiger partial charge in [-0.05, 0) is 36.6 Å². The molecule has 2 aromatic heterocycles. The van der Waals surface area contributed by atoms with E-state index in [4.69, 9.17) is 4.74 Å². The van der Waals surface area contributed by atoms with Crippen LogP contribution in [-0.4, -0.2) is 40.6 Å². The Bertz CT molecular complexity index is 1190. The van der Waals surface area contributed by atoms with Crippen molar-refractivity contribution in [3.63, 3.8) is 0 Å². The largest absolute Gasteiger partial charge is 0.489 e. The maximum Gasteiger partial charge on any atom is 0.265 e. The van der Waals surface area contributed by atoms with Crippen molar-refractivity contribution in [1.82, 2.24) is 20.2 Å². The molecule has 2 N–H and O–H groups in total. The minimum Gasteiger partial charge on any atom is -0.489 e. The number of rotatable bonds is 6. The van der Waals surface area contributed by atoms with Crippen LogP contribution < -0.4 is 9.46 Å². The number of hydrogen-bond acceptors (Lipinski definition) is 6. The fourth-order valence-electron chi connectivity index (χ4n) is 3.74. The molecule has 1 fully saturated rings. The summed E-state index contributed by atoms with van der Waals surface area (Å²) in [5.41, 5.74) is 1.01. The van der Waals surface area contributed by atoms with Crippen LogP contribution in [0.25, 0.3) is 0 Å². The van der Waals surface area contributed by atoms with Crippen molar-refractivity contribution in [2.24, 2.45) is 0 Å². The lowest BCUT2D eigenvalue weighted by atomic mass is 9.81. The van der Waals surface area contributed by atoms with E-state index < -0.39 is 39.2 Å². The van der Waals surface area contributed by atoms with Gasteiger partial charge in [-0.3, -0.25) is 9.82 Å². The van der Waals surface area contributed by atoms with Gasteiger partial charge < -0.3 is 4.74 Å². The number of anilines is 1. The first-order valence-corrected chi connectivity index (χ1v) is 11.2. The highest BCUT2D eigenvalue weighted by atomic mass is 32.2. The second-order valence-electron chi connectivity index (χ2n) is 7.64. The van der Waals surface area contributed by atoms with Gasteiger partial charge in [0.1, 0.15) is 34.7 Å². The van der Waals surface area contributed by atoms with Gasteiger partial charge >= 0.3 is 0 Å². The van der Waals surface area contributed by atoms with Gasteiger partial charge in [0.25, 0.3) is 15.9 Å². The molecule has 4 rings (SSSR count). The predicted octanol–water partition coefficient (Wildman–Crippen LogP) is 3.80. The lowest BCUT2D eigenvalue weighted by Gasteiger charge is -2.36. The monoisotopic (exact) mass is 467 g/mol. The molecule has 1 aromatic carbocycles. The van der Waals surface area contributed by atoms with Crippen molar-refractivity contribution in [3.8, 4) is 5.75 Å². The van der Waals surface area contributed by atoms with Crippen LogP contribution in [0.1, 0.15) is 36.3 Å². The quantitative estimate of drug-likeness (QED) is 0.571. The highest BCUT2D eigenvalue weighted by molar-refractivity contribution is 7.92. The topological polar surface area (TPSA) is 110 Å². The molecule has 0 saturated heterocycles. The van der Waals surface area contributed by atoms with Crippen LogP contribution in [0.15, 0.2) is 48.0 Å². The van der Waals surface area contributed by atoms with Crippen LogP contribution in [0.4, 0.5) is 19.0 Å². The van der Waals surface area contributed by atoms with Gasteiger partial charge in [-0.2, -0.15) is 5.10 Å². The number of sulfonamides is 1. The average molecular weight is 467 g/mol. The van der Waals surface area contributed by atoms with E-state index in [1.807, 2.05) is 0 Å². The Morgan fingerprint density at radius 3 is 2.81 bits per heavy atom. The maximum atomic E-state index is 14.8. The second-order valence-corrected chi connectivity index (χ2v) is 9.29. The summed E-state index contributed by atoms with van der Waals surface area (Å²) in [7, 11) is -4.28. The molecule has 2 atom stereocenters. The molecule has 0 spiro atoms. The number of H-pyrrole nitrogens is 1. The van der Waals surface area contributed by atoms with Crippen LogP contribution in [0.3, 0.4) is 0 Å². The van der Waals surface area contributed by atoms with E-state index in [2.05, 4.69) is 24.9 Å². The number of nitrogens with zero attached hydrogens (tertiary/aromatic N) is 3. The standard InChI is InChI=1S/C20H20F3N5O3S/c1-12-6-18(32(29,30)28-19-3-5-24-11-25-19)15(21)7-16(12)31-17-8-20(22,23)4-2-14(17)13-9-26-27-10-13/h3,5-7,9-11,14,17H,2,4,8H2,1H3,(H,26,27)(H,24,25,28)/t14-,17+/m0/s1. The number of benzene rings is 1. The van der Waals surface area contributed by atoms with Crippen LogP contribution >= 0.6 is 0 Å². The van der Waals surface area contributed by atoms with Gasteiger partial charge in [0.2, 0.25) is 0 Å². The van der Waals surface area contributed by atoms with Crippen molar-refractivity contribution in [1.29, 1.82) is 0 Å². The molecule has 0 unspecified atom stereocenters. The number of alkyl halides is 2. The summed E-state index contributed by atoms with van der Waals surface area (Å²) in [5.74, 6) is -4.38. The summed E-state index contributed by atoms with van der Waals surface area (Å²) in [4.78, 5) is 6.83. The van der Waals surface area contributed by atoms with Gasteiger partial charge in [0, 0.05) is 37.2 Å². The normalized spacial score (nSPS) is 20.6. The van der Waals surface area contributed by atoms with Crippen molar-refractivity contribution in [3.05, 3.63) is 60.1 Å². The Labute approximate surface area is 182 Å².